The first-order chi connectivity index (χ1) is 15.3. The lowest BCUT2D eigenvalue weighted by Gasteiger charge is -2.34. The average Bonchev–Trinajstić information content (AvgIpc) is 2.64. The van der Waals surface area contributed by atoms with Crippen LogP contribution in [0.1, 0.15) is 75.2 Å². The van der Waals surface area contributed by atoms with Gasteiger partial charge in [-0.2, -0.15) is 0 Å². The number of alkyl carbamates (subject to hydrolysis) is 1. The number of nitrogens with one attached hydrogen (secondary N) is 1. The van der Waals surface area contributed by atoms with Gasteiger partial charge in [-0.3, -0.25) is 9.59 Å². The summed E-state index contributed by atoms with van der Waals surface area (Å²) in [6.45, 7) is 15.2. The number of ether oxygens (including phenoxy) is 4. The predicted octanol–water partition coefficient (Wildman–Crippen LogP) is 4.00. The number of rotatable bonds is 8. The summed E-state index contributed by atoms with van der Waals surface area (Å²) in [5, 5.41) is 14.0. The first kappa shape index (κ1) is 29.5. The fourth-order valence-corrected chi connectivity index (χ4v) is 2.75. The van der Waals surface area contributed by atoms with Gasteiger partial charge in [0.05, 0.1) is 10.8 Å². The van der Waals surface area contributed by atoms with Crippen LogP contribution in [0.5, 0.6) is 0 Å². The summed E-state index contributed by atoms with van der Waals surface area (Å²) >= 11 is 0. The maximum Gasteiger partial charge on any atom is 0.407 e. The van der Waals surface area contributed by atoms with Crippen LogP contribution < -0.4 is 5.32 Å². The Morgan fingerprint density at radius 1 is 0.941 bits per heavy atom. The molecule has 0 aromatic carbocycles. The molecule has 0 fully saturated rings. The molecule has 0 spiro atoms. The molecule has 9 heteroatoms. The van der Waals surface area contributed by atoms with Crippen molar-refractivity contribution in [2.75, 3.05) is 19.9 Å². The molecular weight excluding hydrogens is 442 g/mol. The number of carbonyl (C=O) groups is 3. The van der Waals surface area contributed by atoms with Gasteiger partial charge < -0.3 is 29.4 Å². The molecule has 0 aromatic rings. The zero-order chi connectivity index (χ0) is 26.4. The number of hydrogen-bond acceptors (Lipinski definition) is 8. The van der Waals surface area contributed by atoms with Crippen LogP contribution in [0.15, 0.2) is 23.5 Å². The summed E-state index contributed by atoms with van der Waals surface area (Å²) in [6.07, 6.45) is 3.34. The van der Waals surface area contributed by atoms with E-state index >= 15 is 0 Å². The Kier molecular flexibility index (Phi) is 9.76. The largest absolute Gasteiger partial charge is 0.462 e. The van der Waals surface area contributed by atoms with Crippen molar-refractivity contribution in [1.29, 1.82) is 0 Å². The van der Waals surface area contributed by atoms with E-state index in [1.807, 2.05) is 0 Å². The zero-order valence-corrected chi connectivity index (χ0v) is 22.0. The van der Waals surface area contributed by atoms with Crippen LogP contribution in [0.25, 0.3) is 0 Å². The molecule has 0 heterocycles. The molecule has 0 aromatic heterocycles. The molecule has 9 nitrogen and oxygen atoms in total. The Morgan fingerprint density at radius 3 is 2.03 bits per heavy atom. The Morgan fingerprint density at radius 2 is 1.50 bits per heavy atom. The number of aliphatic hydroxyl groups is 1. The molecule has 194 valence electrons. The zero-order valence-electron chi connectivity index (χ0n) is 22.0. The molecule has 1 unspecified atom stereocenters. The quantitative estimate of drug-likeness (QED) is 0.302. The van der Waals surface area contributed by atoms with Gasteiger partial charge >= 0.3 is 18.0 Å². The summed E-state index contributed by atoms with van der Waals surface area (Å²) in [7, 11) is 0. The lowest BCUT2D eigenvalue weighted by molar-refractivity contribution is -0.169. The maximum atomic E-state index is 12.3. The van der Waals surface area contributed by atoms with Gasteiger partial charge in [0.25, 0.3) is 0 Å². The first-order valence-electron chi connectivity index (χ1n) is 11.4. The fourth-order valence-electron chi connectivity index (χ4n) is 2.75. The van der Waals surface area contributed by atoms with Crippen LogP contribution in [-0.2, 0) is 28.5 Å². The molecule has 1 aliphatic rings. The van der Waals surface area contributed by atoms with Crippen molar-refractivity contribution >= 4 is 18.0 Å². The molecule has 1 aliphatic carbocycles. The fraction of sp³-hybridized carbons (Fsp3) is 0.720. The summed E-state index contributed by atoms with van der Waals surface area (Å²) < 4.78 is 21.3. The Labute approximate surface area is 202 Å². The van der Waals surface area contributed by atoms with Gasteiger partial charge in [0.15, 0.2) is 5.60 Å². The number of amides is 1. The van der Waals surface area contributed by atoms with Gasteiger partial charge in [0, 0.05) is 13.0 Å². The molecule has 1 amide bonds. The third-order valence-electron chi connectivity index (χ3n) is 4.63. The van der Waals surface area contributed by atoms with Crippen LogP contribution in [0.2, 0.25) is 0 Å². The topological polar surface area (TPSA) is 120 Å². The van der Waals surface area contributed by atoms with Crippen LogP contribution in [0.3, 0.4) is 0 Å². The van der Waals surface area contributed by atoms with E-state index in [9.17, 15) is 19.5 Å². The highest BCUT2D eigenvalue weighted by molar-refractivity contribution is 5.75. The Balaban J connectivity index is 2.86. The average molecular weight is 484 g/mol. The monoisotopic (exact) mass is 483 g/mol. The Bertz CT molecular complexity index is 808. The normalized spacial score (nSPS) is 18.9. The van der Waals surface area contributed by atoms with Crippen molar-refractivity contribution in [3.05, 3.63) is 23.5 Å². The van der Waals surface area contributed by atoms with E-state index in [2.05, 4.69) is 5.32 Å². The minimum atomic E-state index is -1.65. The van der Waals surface area contributed by atoms with E-state index in [-0.39, 0.29) is 25.6 Å². The van der Waals surface area contributed by atoms with Crippen molar-refractivity contribution in [3.8, 4) is 0 Å². The van der Waals surface area contributed by atoms with Crippen LogP contribution in [-0.4, -0.2) is 54.3 Å². The number of carbonyl (C=O) groups excluding carboxylic acids is 3. The van der Waals surface area contributed by atoms with Gasteiger partial charge in [0.1, 0.15) is 18.0 Å². The van der Waals surface area contributed by atoms with Gasteiger partial charge in [-0.1, -0.05) is 11.6 Å². The van der Waals surface area contributed by atoms with Crippen molar-refractivity contribution in [1.82, 2.24) is 5.32 Å². The lowest BCUT2D eigenvalue weighted by atomic mass is 9.87. The van der Waals surface area contributed by atoms with E-state index in [1.165, 1.54) is 0 Å². The molecular formula is C25H41NO8. The van der Waals surface area contributed by atoms with Crippen molar-refractivity contribution in [2.45, 2.75) is 86.4 Å². The van der Waals surface area contributed by atoms with E-state index in [1.54, 1.807) is 74.5 Å². The molecule has 1 atom stereocenters. The molecule has 2 N–H and O–H groups in total. The summed E-state index contributed by atoms with van der Waals surface area (Å²) in [5.41, 5.74) is -2.88. The molecule has 34 heavy (non-hydrogen) atoms. The molecule has 0 saturated carbocycles. The minimum Gasteiger partial charge on any atom is -0.462 e. The van der Waals surface area contributed by atoms with Gasteiger partial charge in [-0.15, -0.1) is 0 Å². The maximum absolute atomic E-state index is 12.3. The second kappa shape index (κ2) is 11.3. The third kappa shape index (κ3) is 10.2. The van der Waals surface area contributed by atoms with Crippen LogP contribution >= 0.6 is 0 Å². The molecule has 1 rings (SSSR count). The van der Waals surface area contributed by atoms with Crippen molar-refractivity contribution in [2.24, 2.45) is 10.8 Å². The predicted molar refractivity (Wildman–Crippen MR) is 126 cm³/mol. The molecule has 0 bridgehead atoms. The first-order valence-corrected chi connectivity index (χ1v) is 11.4. The highest BCUT2D eigenvalue weighted by atomic mass is 16.7. The highest BCUT2D eigenvalue weighted by Gasteiger charge is 2.39. The van der Waals surface area contributed by atoms with Gasteiger partial charge in [-0.25, -0.2) is 4.79 Å². The van der Waals surface area contributed by atoms with Crippen LogP contribution in [0, 0.1) is 10.8 Å². The molecule has 0 aliphatic heterocycles. The molecule has 0 radical (unpaired) electrons. The van der Waals surface area contributed by atoms with E-state index < -0.39 is 40.1 Å². The summed E-state index contributed by atoms with van der Waals surface area (Å²) in [5.74, 6) is -0.794. The minimum absolute atomic E-state index is 0.111. The highest BCUT2D eigenvalue weighted by Crippen LogP contribution is 2.33. The number of esters is 2. The SMILES string of the molecule is CC(C)(C)OC(=O)NCCC1=CC=C(OCOC(=O)C(C)(C)C)C(O)(COC(=O)C(C)(C)C)C1. The smallest absolute Gasteiger partial charge is 0.407 e. The van der Waals surface area contributed by atoms with Crippen molar-refractivity contribution < 1.29 is 38.4 Å². The van der Waals surface area contributed by atoms with Gasteiger partial charge in [0.2, 0.25) is 6.79 Å². The standard InChI is InChI=1S/C25H41NO8/c1-22(2,3)19(27)31-15-25(30)14-17(12-13-26-21(29)34-24(7,8)9)10-11-18(25)32-16-33-20(28)23(4,5)6/h10-11,30H,12-16H2,1-9H3,(H,26,29). The number of hydrogen-bond donors (Lipinski definition) is 2. The Hall–Kier alpha value is -2.55. The number of allylic oxidation sites excluding steroid dienone is 2. The summed E-state index contributed by atoms with van der Waals surface area (Å²) in [4.78, 5) is 36.1. The van der Waals surface area contributed by atoms with Crippen molar-refractivity contribution in [3.63, 3.8) is 0 Å². The molecule has 0 saturated heterocycles. The van der Waals surface area contributed by atoms with E-state index in [0.717, 1.165) is 5.57 Å². The van der Waals surface area contributed by atoms with Crippen LogP contribution in [0.4, 0.5) is 4.79 Å². The lowest BCUT2D eigenvalue weighted by Crippen LogP contribution is -2.42. The van der Waals surface area contributed by atoms with Gasteiger partial charge in [-0.05, 0) is 74.8 Å². The van der Waals surface area contributed by atoms with E-state index in [4.69, 9.17) is 18.9 Å². The third-order valence-corrected chi connectivity index (χ3v) is 4.63. The van der Waals surface area contributed by atoms with E-state index in [0.29, 0.717) is 13.0 Å². The summed E-state index contributed by atoms with van der Waals surface area (Å²) in [6, 6.07) is 0. The second-order valence-electron chi connectivity index (χ2n) is 11.5. The second-order valence-corrected chi connectivity index (χ2v) is 11.5.